The van der Waals surface area contributed by atoms with Gasteiger partial charge in [0.25, 0.3) is 0 Å². The highest BCUT2D eigenvalue weighted by Gasteiger charge is 2.11. The molecule has 0 saturated heterocycles. The van der Waals surface area contributed by atoms with Crippen molar-refractivity contribution in [3.05, 3.63) is 43.3 Å². The molecule has 0 radical (unpaired) electrons. The first-order valence-electron chi connectivity index (χ1n) is 5.04. The summed E-state index contributed by atoms with van der Waals surface area (Å²) in [7, 11) is 0. The average Bonchev–Trinajstić information content (AvgIpc) is 2.97. The summed E-state index contributed by atoms with van der Waals surface area (Å²) >= 11 is 0. The standard InChI is InChI=1S/C11H10N6/c1-7(17-5-4-13-6-17)9-10(12)16-11-8(15-9)2-3-14-11/h2-6H,1H2,(H3,12,14,16). The molecule has 0 unspecified atom stereocenters. The molecule has 0 saturated carbocycles. The molecule has 0 amide bonds. The van der Waals surface area contributed by atoms with Crippen molar-refractivity contribution in [1.82, 2.24) is 24.5 Å². The molecule has 0 aliphatic rings. The zero-order valence-electron chi connectivity index (χ0n) is 8.96. The van der Waals surface area contributed by atoms with E-state index in [1.165, 1.54) is 0 Å². The maximum Gasteiger partial charge on any atom is 0.158 e. The summed E-state index contributed by atoms with van der Waals surface area (Å²) in [6.07, 6.45) is 6.87. The van der Waals surface area contributed by atoms with E-state index in [4.69, 9.17) is 5.73 Å². The van der Waals surface area contributed by atoms with Gasteiger partial charge in [0, 0.05) is 18.6 Å². The summed E-state index contributed by atoms with van der Waals surface area (Å²) < 4.78 is 1.75. The molecule has 6 heteroatoms. The lowest BCUT2D eigenvalue weighted by molar-refractivity contribution is 1.07. The summed E-state index contributed by atoms with van der Waals surface area (Å²) in [4.78, 5) is 15.6. The number of rotatable bonds is 2. The number of hydrogen-bond donors (Lipinski definition) is 2. The van der Waals surface area contributed by atoms with E-state index >= 15 is 0 Å². The Hall–Kier alpha value is -2.63. The molecule has 0 aromatic carbocycles. The maximum absolute atomic E-state index is 5.86. The number of aromatic nitrogens is 5. The van der Waals surface area contributed by atoms with E-state index in [2.05, 4.69) is 26.5 Å². The normalized spacial score (nSPS) is 10.8. The van der Waals surface area contributed by atoms with Crippen LogP contribution in [0.25, 0.3) is 16.9 Å². The third-order valence-electron chi connectivity index (χ3n) is 2.50. The van der Waals surface area contributed by atoms with Gasteiger partial charge in [0.05, 0.1) is 12.0 Å². The highest BCUT2D eigenvalue weighted by atomic mass is 15.1. The van der Waals surface area contributed by atoms with Crippen LogP contribution in [0, 0.1) is 0 Å². The summed E-state index contributed by atoms with van der Waals surface area (Å²) in [6.45, 7) is 3.95. The van der Waals surface area contributed by atoms with Gasteiger partial charge in [-0.2, -0.15) is 0 Å². The largest absolute Gasteiger partial charge is 0.382 e. The first-order chi connectivity index (χ1) is 8.25. The molecule has 3 N–H and O–H groups in total. The van der Waals surface area contributed by atoms with E-state index in [0.29, 0.717) is 22.9 Å². The van der Waals surface area contributed by atoms with Crippen LogP contribution in [-0.4, -0.2) is 24.5 Å². The number of aromatic amines is 1. The predicted molar refractivity (Wildman–Crippen MR) is 65.0 cm³/mol. The quantitative estimate of drug-likeness (QED) is 0.688. The first kappa shape index (κ1) is 9.59. The van der Waals surface area contributed by atoms with Gasteiger partial charge in [-0.25, -0.2) is 15.0 Å². The van der Waals surface area contributed by atoms with Crippen LogP contribution in [-0.2, 0) is 0 Å². The van der Waals surface area contributed by atoms with Crippen molar-refractivity contribution in [3.8, 4) is 0 Å². The van der Waals surface area contributed by atoms with Crippen LogP contribution < -0.4 is 5.73 Å². The minimum atomic E-state index is 0.346. The summed E-state index contributed by atoms with van der Waals surface area (Å²) in [5.74, 6) is 0.346. The Bertz CT molecular complexity index is 679. The van der Waals surface area contributed by atoms with Crippen LogP contribution in [0.1, 0.15) is 5.69 Å². The number of nitrogens with two attached hydrogens (primary N) is 1. The average molecular weight is 226 g/mol. The van der Waals surface area contributed by atoms with Crippen LogP contribution in [0.4, 0.5) is 5.82 Å². The Morgan fingerprint density at radius 2 is 2.29 bits per heavy atom. The van der Waals surface area contributed by atoms with Crippen LogP contribution in [0.5, 0.6) is 0 Å². The molecular formula is C11H10N6. The molecule has 0 fully saturated rings. The van der Waals surface area contributed by atoms with Crippen molar-refractivity contribution in [2.24, 2.45) is 0 Å². The number of imidazole rings is 1. The number of H-pyrrole nitrogens is 1. The Morgan fingerprint density at radius 3 is 3.06 bits per heavy atom. The number of fused-ring (bicyclic) bond motifs is 1. The first-order valence-corrected chi connectivity index (χ1v) is 5.04. The molecule has 84 valence electrons. The van der Waals surface area contributed by atoms with Gasteiger partial charge in [-0.1, -0.05) is 6.58 Å². The second-order valence-electron chi connectivity index (χ2n) is 3.59. The van der Waals surface area contributed by atoms with Crippen LogP contribution in [0.15, 0.2) is 37.6 Å². The van der Waals surface area contributed by atoms with Gasteiger partial charge in [0.1, 0.15) is 11.2 Å². The van der Waals surface area contributed by atoms with Crippen molar-refractivity contribution in [2.45, 2.75) is 0 Å². The molecule has 3 aromatic heterocycles. The van der Waals surface area contributed by atoms with Gasteiger partial charge in [-0.3, -0.25) is 0 Å². The van der Waals surface area contributed by atoms with Gasteiger partial charge in [0.2, 0.25) is 0 Å². The van der Waals surface area contributed by atoms with E-state index in [-0.39, 0.29) is 0 Å². The van der Waals surface area contributed by atoms with Crippen LogP contribution in [0.2, 0.25) is 0 Å². The molecule has 0 spiro atoms. The Morgan fingerprint density at radius 1 is 1.41 bits per heavy atom. The highest BCUT2D eigenvalue weighted by molar-refractivity contribution is 5.78. The molecule has 17 heavy (non-hydrogen) atoms. The van der Waals surface area contributed by atoms with Crippen molar-refractivity contribution < 1.29 is 0 Å². The molecule has 0 bridgehead atoms. The van der Waals surface area contributed by atoms with E-state index in [9.17, 15) is 0 Å². The molecule has 3 aromatic rings. The lowest BCUT2D eigenvalue weighted by Gasteiger charge is -2.07. The molecule has 3 rings (SSSR count). The maximum atomic E-state index is 5.86. The summed E-state index contributed by atoms with van der Waals surface area (Å²) in [5.41, 5.74) is 8.51. The zero-order chi connectivity index (χ0) is 11.8. The Balaban J connectivity index is 2.16. The van der Waals surface area contributed by atoms with Gasteiger partial charge < -0.3 is 15.3 Å². The molecule has 6 nitrogen and oxygen atoms in total. The van der Waals surface area contributed by atoms with Gasteiger partial charge in [-0.05, 0) is 6.07 Å². The summed E-state index contributed by atoms with van der Waals surface area (Å²) in [5, 5.41) is 0. The minimum Gasteiger partial charge on any atom is -0.382 e. The SMILES string of the molecule is C=C(c1nc2cc[nH]c2nc1N)n1ccnc1. The van der Waals surface area contributed by atoms with E-state index < -0.39 is 0 Å². The van der Waals surface area contributed by atoms with Crippen molar-refractivity contribution in [3.63, 3.8) is 0 Å². The van der Waals surface area contributed by atoms with E-state index in [1.807, 2.05) is 6.07 Å². The number of nitrogens with zero attached hydrogens (tertiary/aromatic N) is 4. The lowest BCUT2D eigenvalue weighted by Crippen LogP contribution is -2.04. The topological polar surface area (TPSA) is 85.4 Å². The number of nitrogen functional groups attached to an aromatic ring is 1. The van der Waals surface area contributed by atoms with Crippen molar-refractivity contribution in [2.75, 3.05) is 5.73 Å². The minimum absolute atomic E-state index is 0.346. The molecule has 0 atom stereocenters. The molecule has 3 heterocycles. The Labute approximate surface area is 96.8 Å². The van der Waals surface area contributed by atoms with E-state index in [0.717, 1.165) is 5.52 Å². The smallest absolute Gasteiger partial charge is 0.158 e. The number of nitrogens with one attached hydrogen (secondary N) is 1. The molecular weight excluding hydrogens is 216 g/mol. The Kier molecular flexibility index (Phi) is 1.94. The van der Waals surface area contributed by atoms with E-state index in [1.54, 1.807) is 29.5 Å². The van der Waals surface area contributed by atoms with Crippen molar-refractivity contribution in [1.29, 1.82) is 0 Å². The van der Waals surface area contributed by atoms with Crippen molar-refractivity contribution >= 4 is 22.7 Å². The van der Waals surface area contributed by atoms with Crippen LogP contribution >= 0.6 is 0 Å². The lowest BCUT2D eigenvalue weighted by atomic mass is 10.3. The molecule has 0 aliphatic heterocycles. The highest BCUT2D eigenvalue weighted by Crippen LogP contribution is 2.20. The third kappa shape index (κ3) is 1.46. The fraction of sp³-hybridized carbons (Fsp3) is 0. The van der Waals surface area contributed by atoms with Crippen LogP contribution in [0.3, 0.4) is 0 Å². The number of hydrogen-bond acceptors (Lipinski definition) is 4. The van der Waals surface area contributed by atoms with Gasteiger partial charge in [0.15, 0.2) is 11.5 Å². The second-order valence-corrected chi connectivity index (χ2v) is 3.59. The van der Waals surface area contributed by atoms with Gasteiger partial charge >= 0.3 is 0 Å². The molecule has 0 aliphatic carbocycles. The fourth-order valence-electron chi connectivity index (χ4n) is 1.64. The second kappa shape index (κ2) is 3.44. The predicted octanol–water partition coefficient (Wildman–Crippen LogP) is 1.26. The number of anilines is 1. The van der Waals surface area contributed by atoms with Gasteiger partial charge in [-0.15, -0.1) is 0 Å². The zero-order valence-corrected chi connectivity index (χ0v) is 8.96. The summed E-state index contributed by atoms with van der Waals surface area (Å²) in [6, 6.07) is 1.84. The monoisotopic (exact) mass is 226 g/mol. The third-order valence-corrected chi connectivity index (χ3v) is 2.50. The fourth-order valence-corrected chi connectivity index (χ4v) is 1.64.